The number of carbonyl (C=O) groups is 1. The molecule has 0 N–H and O–H groups in total. The zero-order valence-corrected chi connectivity index (χ0v) is 11.5. The van der Waals surface area contributed by atoms with E-state index in [9.17, 15) is 4.79 Å². The molecule has 0 saturated heterocycles. The average Bonchev–Trinajstić information content (AvgIpc) is 3.11. The second-order valence-corrected chi connectivity index (χ2v) is 5.00. The van der Waals surface area contributed by atoms with E-state index in [1.165, 1.54) is 12.8 Å². The highest BCUT2D eigenvalue weighted by atomic mass is 16.5. The Labute approximate surface area is 108 Å². The molecule has 1 atom stereocenters. The second kappa shape index (κ2) is 5.55. The van der Waals surface area contributed by atoms with Gasteiger partial charge in [-0.3, -0.25) is 4.68 Å². The largest absolute Gasteiger partial charge is 0.462 e. The molecule has 0 bridgehead atoms. The minimum Gasteiger partial charge on any atom is -0.462 e. The highest BCUT2D eigenvalue weighted by molar-refractivity contribution is 5.90. The number of nitrogens with zero attached hydrogens (tertiary/aromatic N) is 2. The minimum absolute atomic E-state index is 0.241. The Morgan fingerprint density at radius 3 is 2.83 bits per heavy atom. The number of hydrogen-bond donors (Lipinski definition) is 0. The first-order valence-corrected chi connectivity index (χ1v) is 6.92. The van der Waals surface area contributed by atoms with Gasteiger partial charge in [0.25, 0.3) is 0 Å². The maximum absolute atomic E-state index is 11.9. The lowest BCUT2D eigenvalue weighted by molar-refractivity contribution is 0.0524. The van der Waals surface area contributed by atoms with Gasteiger partial charge in [-0.15, -0.1) is 0 Å². The molecule has 4 heteroatoms. The summed E-state index contributed by atoms with van der Waals surface area (Å²) in [6, 6.07) is 0.398. The monoisotopic (exact) mass is 250 g/mol. The molecule has 100 valence electrons. The summed E-state index contributed by atoms with van der Waals surface area (Å²) in [5, 5.41) is 4.42. The summed E-state index contributed by atoms with van der Waals surface area (Å²) >= 11 is 0. The van der Waals surface area contributed by atoms with Crippen LogP contribution in [0.3, 0.4) is 0 Å². The topological polar surface area (TPSA) is 44.1 Å². The molecular weight excluding hydrogens is 228 g/mol. The van der Waals surface area contributed by atoms with Gasteiger partial charge < -0.3 is 4.74 Å². The van der Waals surface area contributed by atoms with Gasteiger partial charge in [-0.05, 0) is 39.0 Å². The lowest BCUT2D eigenvalue weighted by Gasteiger charge is -2.15. The third-order valence-corrected chi connectivity index (χ3v) is 3.57. The van der Waals surface area contributed by atoms with Crippen LogP contribution in [0.15, 0.2) is 6.20 Å². The van der Waals surface area contributed by atoms with Crippen LogP contribution in [0, 0.1) is 5.92 Å². The fraction of sp³-hybridized carbons (Fsp3) is 0.714. The molecule has 1 aliphatic carbocycles. The van der Waals surface area contributed by atoms with Gasteiger partial charge in [0, 0.05) is 0 Å². The number of carbonyl (C=O) groups excluding carboxylic acids is 1. The van der Waals surface area contributed by atoms with Gasteiger partial charge in [0.2, 0.25) is 0 Å². The molecule has 0 aliphatic heterocycles. The summed E-state index contributed by atoms with van der Waals surface area (Å²) in [7, 11) is 0. The Kier molecular flexibility index (Phi) is 4.04. The van der Waals surface area contributed by atoms with Gasteiger partial charge in [-0.1, -0.05) is 13.3 Å². The Morgan fingerprint density at radius 2 is 2.28 bits per heavy atom. The SMILES string of the molecule is CCCc1c(C(=O)OCC)cnn1C(C)C1CC1. The molecule has 0 amide bonds. The molecule has 0 spiro atoms. The molecular formula is C14H22N2O2. The second-order valence-electron chi connectivity index (χ2n) is 5.00. The Hall–Kier alpha value is -1.32. The molecule has 0 radical (unpaired) electrons. The van der Waals surface area contributed by atoms with Crippen LogP contribution >= 0.6 is 0 Å². The standard InChI is InChI=1S/C14H22N2O2/c1-4-6-13-12(14(17)18-5-2)9-15-16(13)10(3)11-7-8-11/h9-11H,4-8H2,1-3H3. The molecule has 1 aliphatic rings. The number of ether oxygens (including phenoxy) is 1. The highest BCUT2D eigenvalue weighted by Gasteiger charge is 2.32. The van der Waals surface area contributed by atoms with E-state index in [0.717, 1.165) is 24.5 Å². The van der Waals surface area contributed by atoms with Gasteiger partial charge in [0.15, 0.2) is 0 Å². The predicted octanol–water partition coefficient (Wildman–Crippen LogP) is 2.98. The van der Waals surface area contributed by atoms with Crippen molar-refractivity contribution in [3.63, 3.8) is 0 Å². The van der Waals surface area contributed by atoms with Gasteiger partial charge in [-0.25, -0.2) is 4.79 Å². The molecule has 1 saturated carbocycles. The van der Waals surface area contributed by atoms with Crippen LogP contribution in [0.5, 0.6) is 0 Å². The van der Waals surface area contributed by atoms with Crippen molar-refractivity contribution >= 4 is 5.97 Å². The molecule has 4 nitrogen and oxygen atoms in total. The lowest BCUT2D eigenvalue weighted by Crippen LogP contribution is -2.15. The molecule has 18 heavy (non-hydrogen) atoms. The number of aromatic nitrogens is 2. The van der Waals surface area contributed by atoms with Crippen molar-refractivity contribution in [2.45, 2.75) is 52.5 Å². The van der Waals surface area contributed by atoms with Gasteiger partial charge in [0.05, 0.1) is 24.5 Å². The van der Waals surface area contributed by atoms with Crippen LogP contribution in [0.25, 0.3) is 0 Å². The normalized spacial score (nSPS) is 16.6. The minimum atomic E-state index is -0.241. The van der Waals surface area contributed by atoms with Crippen molar-refractivity contribution in [2.75, 3.05) is 6.61 Å². The molecule has 1 aromatic heterocycles. The first kappa shape index (κ1) is 13.1. The summed E-state index contributed by atoms with van der Waals surface area (Å²) in [5.74, 6) is 0.491. The summed E-state index contributed by atoms with van der Waals surface area (Å²) in [5.41, 5.74) is 1.68. The average molecular weight is 250 g/mol. The molecule has 2 rings (SSSR count). The molecule has 1 heterocycles. The van der Waals surface area contributed by atoms with Crippen molar-refractivity contribution in [1.82, 2.24) is 9.78 Å². The van der Waals surface area contributed by atoms with Gasteiger partial charge in [0.1, 0.15) is 5.56 Å². The lowest BCUT2D eigenvalue weighted by atomic mass is 10.1. The maximum atomic E-state index is 11.9. The smallest absolute Gasteiger partial charge is 0.341 e. The number of esters is 1. The van der Waals surface area contributed by atoms with Crippen LogP contribution in [-0.4, -0.2) is 22.4 Å². The summed E-state index contributed by atoms with van der Waals surface area (Å²) < 4.78 is 7.13. The Bertz CT molecular complexity index is 421. The summed E-state index contributed by atoms with van der Waals surface area (Å²) in [4.78, 5) is 11.9. The molecule has 1 unspecified atom stereocenters. The fourth-order valence-corrected chi connectivity index (χ4v) is 2.38. The van der Waals surface area contributed by atoms with E-state index in [1.54, 1.807) is 6.20 Å². The number of rotatable bonds is 6. The first-order valence-electron chi connectivity index (χ1n) is 6.92. The third kappa shape index (κ3) is 2.57. The van der Waals surface area contributed by atoms with Gasteiger partial charge in [-0.2, -0.15) is 5.10 Å². The van der Waals surface area contributed by atoms with E-state index in [4.69, 9.17) is 4.74 Å². The van der Waals surface area contributed by atoms with Gasteiger partial charge >= 0.3 is 5.97 Å². The van der Waals surface area contributed by atoms with E-state index in [0.29, 0.717) is 18.2 Å². The Morgan fingerprint density at radius 1 is 1.56 bits per heavy atom. The Balaban J connectivity index is 2.26. The summed E-state index contributed by atoms with van der Waals surface area (Å²) in [6.45, 7) is 6.55. The van der Waals surface area contributed by atoms with Crippen molar-refractivity contribution in [2.24, 2.45) is 5.92 Å². The van der Waals surface area contributed by atoms with Crippen molar-refractivity contribution in [1.29, 1.82) is 0 Å². The van der Waals surface area contributed by atoms with E-state index in [1.807, 2.05) is 11.6 Å². The van der Waals surface area contributed by atoms with Crippen LogP contribution in [-0.2, 0) is 11.2 Å². The van der Waals surface area contributed by atoms with Crippen LogP contribution < -0.4 is 0 Å². The molecule has 1 fully saturated rings. The zero-order chi connectivity index (χ0) is 13.1. The summed E-state index contributed by atoms with van der Waals surface area (Å²) in [6.07, 6.45) is 6.12. The van der Waals surface area contributed by atoms with Crippen molar-refractivity contribution in [3.8, 4) is 0 Å². The van der Waals surface area contributed by atoms with E-state index >= 15 is 0 Å². The van der Waals surface area contributed by atoms with Crippen LogP contribution in [0.2, 0.25) is 0 Å². The number of hydrogen-bond acceptors (Lipinski definition) is 3. The predicted molar refractivity (Wildman–Crippen MR) is 69.6 cm³/mol. The highest BCUT2D eigenvalue weighted by Crippen LogP contribution is 2.40. The first-order chi connectivity index (χ1) is 8.69. The third-order valence-electron chi connectivity index (χ3n) is 3.57. The zero-order valence-electron chi connectivity index (χ0n) is 11.5. The van der Waals surface area contributed by atoms with Crippen LogP contribution in [0.1, 0.15) is 62.1 Å². The fourth-order valence-electron chi connectivity index (χ4n) is 2.38. The van der Waals surface area contributed by atoms with Crippen molar-refractivity contribution in [3.05, 3.63) is 17.5 Å². The maximum Gasteiger partial charge on any atom is 0.341 e. The van der Waals surface area contributed by atoms with Crippen molar-refractivity contribution < 1.29 is 9.53 Å². The van der Waals surface area contributed by atoms with E-state index in [2.05, 4.69) is 18.9 Å². The quantitative estimate of drug-likeness (QED) is 0.729. The van der Waals surface area contributed by atoms with E-state index in [-0.39, 0.29) is 5.97 Å². The molecule has 0 aromatic carbocycles. The van der Waals surface area contributed by atoms with Crippen LogP contribution in [0.4, 0.5) is 0 Å². The van der Waals surface area contributed by atoms with E-state index < -0.39 is 0 Å². The molecule has 1 aromatic rings.